The largest absolute Gasteiger partial charge is 0.420 e. The average Bonchev–Trinajstić information content (AvgIpc) is 3.19. The summed E-state index contributed by atoms with van der Waals surface area (Å²) in [7, 11) is 0. The molecule has 198 valence electrons. The number of hydrogen-bond donors (Lipinski definition) is 2. The van der Waals surface area contributed by atoms with Gasteiger partial charge in [0.15, 0.2) is 5.82 Å². The molecule has 4 heterocycles. The van der Waals surface area contributed by atoms with Crippen molar-refractivity contribution >= 4 is 17.4 Å². The molecule has 1 aliphatic heterocycles. The highest BCUT2D eigenvalue weighted by molar-refractivity contribution is 6.05. The molecule has 3 aromatic heterocycles. The summed E-state index contributed by atoms with van der Waals surface area (Å²) in [5.74, 6) is 0.422. The quantitative estimate of drug-likeness (QED) is 0.483. The van der Waals surface area contributed by atoms with Gasteiger partial charge in [-0.25, -0.2) is 14.6 Å². The fourth-order valence-corrected chi connectivity index (χ4v) is 4.85. The van der Waals surface area contributed by atoms with Crippen molar-refractivity contribution in [3.63, 3.8) is 0 Å². The first-order chi connectivity index (χ1) is 17.3. The summed E-state index contributed by atoms with van der Waals surface area (Å²) in [5.41, 5.74) is 0.131. The Morgan fingerprint density at radius 3 is 2.46 bits per heavy atom. The van der Waals surface area contributed by atoms with Gasteiger partial charge in [0.05, 0.1) is 34.9 Å². The van der Waals surface area contributed by atoms with Gasteiger partial charge < -0.3 is 15.3 Å². The third-order valence-corrected chi connectivity index (χ3v) is 6.56. The first kappa shape index (κ1) is 26.6. The van der Waals surface area contributed by atoms with E-state index in [1.807, 2.05) is 26.8 Å². The molecule has 1 saturated heterocycles. The van der Waals surface area contributed by atoms with Crippen LogP contribution in [0.2, 0.25) is 0 Å². The lowest BCUT2D eigenvalue weighted by atomic mass is 9.86. The summed E-state index contributed by atoms with van der Waals surface area (Å²) >= 11 is 0. The van der Waals surface area contributed by atoms with Crippen molar-refractivity contribution in [3.8, 4) is 5.82 Å². The molecule has 0 aromatic carbocycles. The van der Waals surface area contributed by atoms with Crippen molar-refractivity contribution in [2.75, 3.05) is 23.3 Å². The zero-order valence-electron chi connectivity index (χ0n) is 21.3. The maximum Gasteiger partial charge on any atom is 0.420 e. The maximum absolute atomic E-state index is 13.4. The molecule has 2 N–H and O–H groups in total. The summed E-state index contributed by atoms with van der Waals surface area (Å²) in [5, 5.41) is 16.9. The molecule has 11 heteroatoms. The Bertz CT molecular complexity index is 1270. The van der Waals surface area contributed by atoms with E-state index in [1.54, 1.807) is 6.20 Å². The topological polar surface area (TPSA) is 96.2 Å². The van der Waals surface area contributed by atoms with E-state index < -0.39 is 23.2 Å². The Morgan fingerprint density at radius 2 is 1.84 bits per heavy atom. The Labute approximate surface area is 213 Å². The Balaban J connectivity index is 1.46. The van der Waals surface area contributed by atoms with Gasteiger partial charge in [-0.15, -0.1) is 0 Å². The predicted octanol–water partition coefficient (Wildman–Crippen LogP) is 4.93. The third-order valence-electron chi connectivity index (χ3n) is 6.56. The van der Waals surface area contributed by atoms with Crippen molar-refractivity contribution in [3.05, 3.63) is 59.2 Å². The summed E-state index contributed by atoms with van der Waals surface area (Å²) in [6.45, 7) is 8.79. The number of anilines is 2. The lowest BCUT2D eigenvalue weighted by molar-refractivity contribution is -0.137. The van der Waals surface area contributed by atoms with Gasteiger partial charge in [0.1, 0.15) is 11.4 Å². The summed E-state index contributed by atoms with van der Waals surface area (Å²) in [6.07, 6.45) is 2.15. The molecule has 37 heavy (non-hydrogen) atoms. The molecule has 1 fully saturated rings. The second-order valence-electron chi connectivity index (χ2n) is 10.2. The van der Waals surface area contributed by atoms with E-state index in [0.29, 0.717) is 11.6 Å². The monoisotopic (exact) mass is 516 g/mol. The van der Waals surface area contributed by atoms with Crippen LogP contribution in [0.3, 0.4) is 0 Å². The number of nitrogens with zero attached hydrogens (tertiary/aromatic N) is 5. The van der Waals surface area contributed by atoms with Gasteiger partial charge in [-0.2, -0.15) is 18.3 Å². The number of aliphatic hydroxyl groups is 1. The average molecular weight is 517 g/mol. The van der Waals surface area contributed by atoms with Crippen LogP contribution in [0.25, 0.3) is 5.82 Å². The highest BCUT2D eigenvalue weighted by Gasteiger charge is 2.35. The third kappa shape index (κ3) is 6.10. The van der Waals surface area contributed by atoms with Crippen LogP contribution >= 0.6 is 0 Å². The first-order valence-electron chi connectivity index (χ1n) is 12.2. The van der Waals surface area contributed by atoms with Gasteiger partial charge in [0.25, 0.3) is 5.91 Å². The number of hydrogen-bond acceptors (Lipinski definition) is 6. The summed E-state index contributed by atoms with van der Waals surface area (Å²) in [4.78, 5) is 23.6. The smallest absolute Gasteiger partial charge is 0.390 e. The number of alkyl halides is 3. The number of aromatic nitrogens is 4. The van der Waals surface area contributed by atoms with E-state index >= 15 is 0 Å². The number of carbonyl (C=O) groups excluding carboxylic acids is 1. The lowest BCUT2D eigenvalue weighted by Gasteiger charge is -2.35. The van der Waals surface area contributed by atoms with Gasteiger partial charge in [-0.05, 0) is 76.6 Å². The number of pyridine rings is 2. The minimum atomic E-state index is -4.61. The molecule has 3 aromatic rings. The van der Waals surface area contributed by atoms with Crippen LogP contribution in [0.1, 0.15) is 60.3 Å². The Kier molecular flexibility index (Phi) is 7.27. The van der Waals surface area contributed by atoms with E-state index in [1.165, 1.54) is 25.4 Å². The van der Waals surface area contributed by atoms with Crippen molar-refractivity contribution in [1.82, 2.24) is 19.7 Å². The summed E-state index contributed by atoms with van der Waals surface area (Å²) in [6, 6.07) is 3.95. The number of amides is 1. The zero-order chi connectivity index (χ0) is 27.0. The molecular formula is C26H31F3N6O2. The van der Waals surface area contributed by atoms with Gasteiger partial charge in [0, 0.05) is 19.3 Å². The van der Waals surface area contributed by atoms with Crippen LogP contribution in [0.15, 0.2) is 36.8 Å². The molecule has 0 spiro atoms. The van der Waals surface area contributed by atoms with Gasteiger partial charge in [-0.1, -0.05) is 0 Å². The van der Waals surface area contributed by atoms with Crippen LogP contribution in [0, 0.1) is 19.8 Å². The molecule has 1 amide bonds. The van der Waals surface area contributed by atoms with Gasteiger partial charge >= 0.3 is 6.18 Å². The van der Waals surface area contributed by atoms with E-state index in [2.05, 4.69) is 25.3 Å². The van der Waals surface area contributed by atoms with Crippen molar-refractivity contribution in [2.45, 2.75) is 58.7 Å². The number of halogens is 3. The molecular weight excluding hydrogens is 485 g/mol. The molecule has 8 nitrogen and oxygen atoms in total. The van der Waals surface area contributed by atoms with Crippen LogP contribution in [0.5, 0.6) is 0 Å². The zero-order valence-corrected chi connectivity index (χ0v) is 21.3. The standard InChI is InChI=1S/C26H31F3N6O2/c1-16-12-19(14-31-22(16)34-10-7-18(8-11-34)13-25(3,4)37)33-24(36)20-15-32-35(17(20)2)23-21(26(27,28)29)6-5-9-30-23/h5-6,9,12,14-15,18,37H,7-8,10-11,13H2,1-4H3,(H,33,36). The fraction of sp³-hybridized carbons (Fsp3) is 0.462. The van der Waals surface area contributed by atoms with E-state index in [4.69, 9.17) is 0 Å². The number of aryl methyl sites for hydroxylation is 1. The molecule has 0 saturated carbocycles. The molecule has 0 radical (unpaired) electrons. The number of rotatable bonds is 6. The van der Waals surface area contributed by atoms with Crippen LogP contribution < -0.4 is 10.2 Å². The summed E-state index contributed by atoms with van der Waals surface area (Å²) < 4.78 is 41.3. The second-order valence-corrected chi connectivity index (χ2v) is 10.2. The van der Waals surface area contributed by atoms with Crippen LogP contribution in [0.4, 0.5) is 24.7 Å². The Hall–Kier alpha value is -3.47. The molecule has 0 unspecified atom stereocenters. The molecule has 0 aliphatic carbocycles. The van der Waals surface area contributed by atoms with Crippen LogP contribution in [-0.2, 0) is 6.18 Å². The predicted molar refractivity (Wildman–Crippen MR) is 134 cm³/mol. The maximum atomic E-state index is 13.4. The van der Waals surface area contributed by atoms with Crippen molar-refractivity contribution in [2.24, 2.45) is 5.92 Å². The minimum absolute atomic E-state index is 0.134. The highest BCUT2D eigenvalue weighted by Crippen LogP contribution is 2.33. The molecule has 1 aliphatic rings. The molecule has 4 rings (SSSR count). The van der Waals surface area contributed by atoms with E-state index in [9.17, 15) is 23.1 Å². The molecule has 0 atom stereocenters. The highest BCUT2D eigenvalue weighted by atomic mass is 19.4. The normalized spacial score (nSPS) is 15.2. The number of nitrogens with one attached hydrogen (secondary N) is 1. The number of carbonyl (C=O) groups is 1. The molecule has 0 bridgehead atoms. The Morgan fingerprint density at radius 1 is 1.14 bits per heavy atom. The first-order valence-corrected chi connectivity index (χ1v) is 12.2. The number of piperidine rings is 1. The van der Waals surface area contributed by atoms with E-state index in [0.717, 1.165) is 54.5 Å². The van der Waals surface area contributed by atoms with Gasteiger partial charge in [-0.3, -0.25) is 4.79 Å². The fourth-order valence-electron chi connectivity index (χ4n) is 4.85. The van der Waals surface area contributed by atoms with Crippen molar-refractivity contribution in [1.29, 1.82) is 0 Å². The SMILES string of the molecule is Cc1cc(NC(=O)c2cnn(-c3ncccc3C(F)(F)F)c2C)cnc1N1CCC(CC(C)(C)O)CC1. The van der Waals surface area contributed by atoms with E-state index in [-0.39, 0.29) is 17.1 Å². The van der Waals surface area contributed by atoms with Crippen molar-refractivity contribution < 1.29 is 23.1 Å². The second kappa shape index (κ2) is 10.1. The minimum Gasteiger partial charge on any atom is -0.390 e. The van der Waals surface area contributed by atoms with Crippen LogP contribution in [-0.4, -0.2) is 49.5 Å². The lowest BCUT2D eigenvalue weighted by Crippen LogP contribution is -2.37. The van der Waals surface area contributed by atoms with Gasteiger partial charge in [0.2, 0.25) is 0 Å².